The summed E-state index contributed by atoms with van der Waals surface area (Å²) in [4.78, 5) is 1.00. The number of aliphatic hydroxyl groups excluding tert-OH is 1. The van der Waals surface area contributed by atoms with Crippen LogP contribution in [-0.2, 0) is 6.42 Å². The monoisotopic (exact) mass is 288 g/mol. The van der Waals surface area contributed by atoms with Crippen molar-refractivity contribution in [1.82, 2.24) is 0 Å². The van der Waals surface area contributed by atoms with E-state index in [1.165, 1.54) is 10.1 Å². The predicted octanol–water partition coefficient (Wildman–Crippen LogP) is 4.83. The summed E-state index contributed by atoms with van der Waals surface area (Å²) in [5.74, 6) is 0. The topological polar surface area (TPSA) is 20.2 Å². The molecule has 0 spiro atoms. The van der Waals surface area contributed by atoms with Crippen LogP contribution in [0.5, 0.6) is 0 Å². The molecule has 3 rings (SSSR count). The first-order valence-electron chi connectivity index (χ1n) is 6.13. The summed E-state index contributed by atoms with van der Waals surface area (Å²) >= 11 is 7.61. The maximum Gasteiger partial charge on any atom is 0.0922 e. The van der Waals surface area contributed by atoms with Crippen molar-refractivity contribution in [2.24, 2.45) is 0 Å². The van der Waals surface area contributed by atoms with Crippen LogP contribution in [0.15, 0.2) is 54.6 Å². The molecule has 3 aromatic rings. The van der Waals surface area contributed by atoms with Gasteiger partial charge in [-0.2, -0.15) is 0 Å². The van der Waals surface area contributed by atoms with Crippen LogP contribution in [0.4, 0.5) is 0 Å². The fourth-order valence-electron chi connectivity index (χ4n) is 2.15. The number of aliphatic hydroxyl groups is 1. The second-order valence-electron chi connectivity index (χ2n) is 4.54. The fraction of sp³-hybridized carbons (Fsp3) is 0.125. The summed E-state index contributed by atoms with van der Waals surface area (Å²) in [6.45, 7) is 0. The van der Waals surface area contributed by atoms with Gasteiger partial charge in [0.1, 0.15) is 0 Å². The van der Waals surface area contributed by atoms with E-state index in [-0.39, 0.29) is 0 Å². The molecule has 0 aliphatic heterocycles. The van der Waals surface area contributed by atoms with E-state index in [9.17, 15) is 5.11 Å². The molecule has 96 valence electrons. The molecule has 0 fully saturated rings. The molecular formula is C16H13ClOS. The lowest BCUT2D eigenvalue weighted by molar-refractivity contribution is 0.182. The van der Waals surface area contributed by atoms with Crippen LogP contribution in [0.2, 0.25) is 5.02 Å². The molecule has 1 nitrogen and oxygen atoms in total. The number of thiophene rings is 1. The zero-order valence-electron chi connectivity index (χ0n) is 10.2. The standard InChI is InChI=1S/C16H13ClOS/c17-13-6-3-4-11(8-13)9-14(18)16-10-12-5-1-2-7-15(12)19-16/h1-8,10,14,18H,9H2. The van der Waals surface area contributed by atoms with Crippen molar-refractivity contribution in [2.75, 3.05) is 0 Å². The number of halogens is 1. The van der Waals surface area contributed by atoms with Crippen molar-refractivity contribution in [3.63, 3.8) is 0 Å². The molecule has 0 amide bonds. The zero-order chi connectivity index (χ0) is 13.2. The SMILES string of the molecule is OC(Cc1cccc(Cl)c1)c1cc2ccccc2s1. The van der Waals surface area contributed by atoms with Crippen molar-refractivity contribution in [3.05, 3.63) is 70.1 Å². The van der Waals surface area contributed by atoms with Gasteiger partial charge in [0.15, 0.2) is 0 Å². The number of hydrogen-bond acceptors (Lipinski definition) is 2. The molecule has 1 atom stereocenters. The lowest BCUT2D eigenvalue weighted by atomic mass is 10.1. The summed E-state index contributed by atoms with van der Waals surface area (Å²) in [5.41, 5.74) is 1.05. The number of benzene rings is 2. The highest BCUT2D eigenvalue weighted by molar-refractivity contribution is 7.19. The van der Waals surface area contributed by atoms with E-state index in [4.69, 9.17) is 11.6 Å². The van der Waals surface area contributed by atoms with E-state index < -0.39 is 6.10 Å². The minimum Gasteiger partial charge on any atom is -0.387 e. The molecule has 3 heteroatoms. The van der Waals surface area contributed by atoms with Gasteiger partial charge in [0, 0.05) is 21.0 Å². The van der Waals surface area contributed by atoms with Gasteiger partial charge < -0.3 is 5.11 Å². The molecule has 0 aliphatic carbocycles. The van der Waals surface area contributed by atoms with Crippen LogP contribution in [0, 0.1) is 0 Å². The Labute approximate surface area is 121 Å². The van der Waals surface area contributed by atoms with Gasteiger partial charge >= 0.3 is 0 Å². The van der Waals surface area contributed by atoms with Gasteiger partial charge in [0.05, 0.1) is 6.10 Å². The highest BCUT2D eigenvalue weighted by Gasteiger charge is 2.12. The summed E-state index contributed by atoms with van der Waals surface area (Å²) in [6, 6.07) is 17.9. The van der Waals surface area contributed by atoms with E-state index in [1.807, 2.05) is 36.4 Å². The van der Waals surface area contributed by atoms with Gasteiger partial charge in [-0.15, -0.1) is 11.3 Å². The minimum atomic E-state index is -0.476. The van der Waals surface area contributed by atoms with Gasteiger partial charge in [-0.3, -0.25) is 0 Å². The maximum absolute atomic E-state index is 10.3. The molecule has 1 heterocycles. The van der Waals surface area contributed by atoms with Crippen LogP contribution in [0.3, 0.4) is 0 Å². The van der Waals surface area contributed by atoms with Crippen LogP contribution in [0.1, 0.15) is 16.5 Å². The van der Waals surface area contributed by atoms with Crippen molar-refractivity contribution in [3.8, 4) is 0 Å². The van der Waals surface area contributed by atoms with E-state index in [2.05, 4.69) is 18.2 Å². The average Bonchev–Trinajstić information content (AvgIpc) is 2.82. The quantitative estimate of drug-likeness (QED) is 0.732. The Morgan fingerprint density at radius 3 is 2.68 bits per heavy atom. The molecule has 1 aromatic heterocycles. The summed E-state index contributed by atoms with van der Waals surface area (Å²) < 4.78 is 1.21. The van der Waals surface area contributed by atoms with E-state index in [1.54, 1.807) is 11.3 Å². The third-order valence-electron chi connectivity index (χ3n) is 3.09. The average molecular weight is 289 g/mol. The predicted molar refractivity (Wildman–Crippen MR) is 81.9 cm³/mol. The molecule has 1 unspecified atom stereocenters. The summed E-state index contributed by atoms with van der Waals surface area (Å²) in [5, 5.41) is 12.2. The lowest BCUT2D eigenvalue weighted by Gasteiger charge is -2.08. The first-order valence-corrected chi connectivity index (χ1v) is 7.33. The molecule has 2 aromatic carbocycles. The molecule has 19 heavy (non-hydrogen) atoms. The Morgan fingerprint density at radius 2 is 1.89 bits per heavy atom. The summed E-state index contributed by atoms with van der Waals surface area (Å²) in [6.07, 6.45) is 0.115. The first kappa shape index (κ1) is 12.7. The molecule has 1 N–H and O–H groups in total. The van der Waals surface area contributed by atoms with Crippen LogP contribution >= 0.6 is 22.9 Å². The van der Waals surface area contributed by atoms with Crippen LogP contribution in [-0.4, -0.2) is 5.11 Å². The molecule has 0 radical (unpaired) electrons. The number of rotatable bonds is 3. The highest BCUT2D eigenvalue weighted by Crippen LogP contribution is 2.31. The van der Waals surface area contributed by atoms with Gasteiger partial charge in [-0.05, 0) is 35.2 Å². The second kappa shape index (κ2) is 5.33. The van der Waals surface area contributed by atoms with Gasteiger partial charge in [-0.25, -0.2) is 0 Å². The van der Waals surface area contributed by atoms with Crippen molar-refractivity contribution >= 4 is 33.0 Å². The number of fused-ring (bicyclic) bond motifs is 1. The van der Waals surface area contributed by atoms with Crippen molar-refractivity contribution in [1.29, 1.82) is 0 Å². The van der Waals surface area contributed by atoms with Crippen LogP contribution in [0.25, 0.3) is 10.1 Å². The second-order valence-corrected chi connectivity index (χ2v) is 6.09. The Morgan fingerprint density at radius 1 is 1.05 bits per heavy atom. The maximum atomic E-state index is 10.3. The number of hydrogen-bond donors (Lipinski definition) is 1. The smallest absolute Gasteiger partial charge is 0.0922 e. The van der Waals surface area contributed by atoms with Gasteiger partial charge in [0.25, 0.3) is 0 Å². The van der Waals surface area contributed by atoms with Crippen LogP contribution < -0.4 is 0 Å². The molecule has 0 bridgehead atoms. The Bertz CT molecular complexity index is 672. The summed E-state index contributed by atoms with van der Waals surface area (Å²) in [7, 11) is 0. The van der Waals surface area contributed by atoms with Crippen molar-refractivity contribution < 1.29 is 5.11 Å². The third kappa shape index (κ3) is 2.81. The molecule has 0 saturated carbocycles. The fourth-order valence-corrected chi connectivity index (χ4v) is 3.42. The van der Waals surface area contributed by atoms with E-state index >= 15 is 0 Å². The first-order chi connectivity index (χ1) is 9.22. The Balaban J connectivity index is 1.85. The lowest BCUT2D eigenvalue weighted by Crippen LogP contribution is -1.99. The van der Waals surface area contributed by atoms with E-state index in [0.29, 0.717) is 11.4 Å². The van der Waals surface area contributed by atoms with Gasteiger partial charge in [-0.1, -0.05) is 41.9 Å². The largest absolute Gasteiger partial charge is 0.387 e. The minimum absolute atomic E-state index is 0.476. The van der Waals surface area contributed by atoms with Crippen molar-refractivity contribution in [2.45, 2.75) is 12.5 Å². The molecule has 0 aliphatic rings. The zero-order valence-corrected chi connectivity index (χ0v) is 11.8. The Hall–Kier alpha value is -1.35. The molecule has 0 saturated heterocycles. The third-order valence-corrected chi connectivity index (χ3v) is 4.54. The Kier molecular flexibility index (Phi) is 3.56. The van der Waals surface area contributed by atoms with E-state index in [0.717, 1.165) is 10.4 Å². The molecular weight excluding hydrogens is 276 g/mol. The highest BCUT2D eigenvalue weighted by atomic mass is 35.5. The normalized spacial score (nSPS) is 12.7. The van der Waals surface area contributed by atoms with Gasteiger partial charge in [0.2, 0.25) is 0 Å².